The predicted octanol–water partition coefficient (Wildman–Crippen LogP) is 4.27. The summed E-state index contributed by atoms with van der Waals surface area (Å²) in [7, 11) is 0. The SMILES string of the molecule is CC(C)Oc1ccc(C(=O)N2CCCC(c3nnc(-c4ccc5c(c4)OCO5)o3)C2)cc1. The summed E-state index contributed by atoms with van der Waals surface area (Å²) in [6.07, 6.45) is 1.87. The second kappa shape index (κ2) is 8.53. The molecule has 1 amide bonds. The van der Waals surface area contributed by atoms with Crippen molar-refractivity contribution in [1.29, 1.82) is 0 Å². The molecule has 8 nitrogen and oxygen atoms in total. The number of hydrogen-bond acceptors (Lipinski definition) is 7. The van der Waals surface area contributed by atoms with Crippen LogP contribution in [0.5, 0.6) is 17.2 Å². The molecule has 0 aliphatic carbocycles. The fourth-order valence-electron chi connectivity index (χ4n) is 4.04. The summed E-state index contributed by atoms with van der Waals surface area (Å²) in [5, 5.41) is 8.49. The van der Waals surface area contributed by atoms with Crippen molar-refractivity contribution in [3.63, 3.8) is 0 Å². The lowest BCUT2D eigenvalue weighted by molar-refractivity contribution is 0.0698. The summed E-state index contributed by atoms with van der Waals surface area (Å²) in [4.78, 5) is 14.9. The molecule has 0 saturated carbocycles. The number of ether oxygens (including phenoxy) is 3. The zero-order valence-corrected chi connectivity index (χ0v) is 18.1. The van der Waals surface area contributed by atoms with Gasteiger partial charge in [-0.1, -0.05) is 0 Å². The molecule has 3 aromatic rings. The van der Waals surface area contributed by atoms with Crippen LogP contribution in [0.2, 0.25) is 0 Å². The van der Waals surface area contributed by atoms with E-state index in [0.29, 0.717) is 41.9 Å². The number of piperidine rings is 1. The minimum Gasteiger partial charge on any atom is -0.491 e. The number of rotatable bonds is 5. The fraction of sp³-hybridized carbons (Fsp3) is 0.375. The molecule has 1 aromatic heterocycles. The van der Waals surface area contributed by atoms with Crippen molar-refractivity contribution < 1.29 is 23.4 Å². The van der Waals surface area contributed by atoms with Crippen LogP contribution in [-0.2, 0) is 0 Å². The maximum atomic E-state index is 13.0. The van der Waals surface area contributed by atoms with Gasteiger partial charge in [-0.05, 0) is 69.2 Å². The van der Waals surface area contributed by atoms with Gasteiger partial charge in [-0.2, -0.15) is 0 Å². The summed E-state index contributed by atoms with van der Waals surface area (Å²) in [6.45, 7) is 5.42. The van der Waals surface area contributed by atoms with Gasteiger partial charge in [0.15, 0.2) is 11.5 Å². The molecule has 1 saturated heterocycles. The van der Waals surface area contributed by atoms with Gasteiger partial charge in [-0.3, -0.25) is 4.79 Å². The highest BCUT2D eigenvalue weighted by atomic mass is 16.7. The molecule has 5 rings (SSSR count). The second-order valence-electron chi connectivity index (χ2n) is 8.29. The Morgan fingerprint density at radius 2 is 1.91 bits per heavy atom. The third-order valence-electron chi connectivity index (χ3n) is 5.59. The molecule has 1 atom stereocenters. The summed E-state index contributed by atoms with van der Waals surface area (Å²) >= 11 is 0. The zero-order valence-electron chi connectivity index (χ0n) is 18.1. The molecule has 0 radical (unpaired) electrons. The molecule has 2 aliphatic rings. The van der Waals surface area contributed by atoms with Crippen LogP contribution in [0.25, 0.3) is 11.5 Å². The maximum Gasteiger partial charge on any atom is 0.253 e. The van der Waals surface area contributed by atoms with Crippen LogP contribution in [-0.4, -0.2) is 47.0 Å². The van der Waals surface area contributed by atoms with Crippen molar-refractivity contribution in [3.8, 4) is 28.7 Å². The van der Waals surface area contributed by atoms with Crippen molar-refractivity contribution in [2.45, 2.75) is 38.7 Å². The Morgan fingerprint density at radius 3 is 2.72 bits per heavy atom. The van der Waals surface area contributed by atoms with Crippen LogP contribution in [0, 0.1) is 0 Å². The quantitative estimate of drug-likeness (QED) is 0.591. The van der Waals surface area contributed by atoms with E-state index in [1.54, 1.807) is 0 Å². The summed E-state index contributed by atoms with van der Waals surface area (Å²) in [5.74, 6) is 3.13. The van der Waals surface area contributed by atoms with Gasteiger partial charge in [0.1, 0.15) is 5.75 Å². The van der Waals surface area contributed by atoms with Crippen LogP contribution in [0.3, 0.4) is 0 Å². The number of hydrogen-bond donors (Lipinski definition) is 0. The van der Waals surface area contributed by atoms with E-state index in [4.69, 9.17) is 18.6 Å². The van der Waals surface area contributed by atoms with Gasteiger partial charge >= 0.3 is 0 Å². The zero-order chi connectivity index (χ0) is 22.1. The highest BCUT2D eigenvalue weighted by Crippen LogP contribution is 2.36. The molecule has 0 spiro atoms. The van der Waals surface area contributed by atoms with E-state index in [-0.39, 0.29) is 24.7 Å². The standard InChI is InChI=1S/C24H25N3O5/c1-15(2)31-19-8-5-16(6-9-19)24(28)27-11-3-4-18(13-27)23-26-25-22(32-23)17-7-10-20-21(12-17)30-14-29-20/h5-10,12,15,18H,3-4,11,13-14H2,1-2H3. The Morgan fingerprint density at radius 1 is 1.09 bits per heavy atom. The van der Waals surface area contributed by atoms with Crippen LogP contribution >= 0.6 is 0 Å². The van der Waals surface area contributed by atoms with Crippen molar-refractivity contribution in [2.75, 3.05) is 19.9 Å². The molecular weight excluding hydrogens is 410 g/mol. The van der Waals surface area contributed by atoms with Crippen molar-refractivity contribution in [2.24, 2.45) is 0 Å². The van der Waals surface area contributed by atoms with Gasteiger partial charge < -0.3 is 23.5 Å². The van der Waals surface area contributed by atoms with Crippen molar-refractivity contribution in [1.82, 2.24) is 15.1 Å². The van der Waals surface area contributed by atoms with Crippen molar-refractivity contribution in [3.05, 3.63) is 53.9 Å². The van der Waals surface area contributed by atoms with Gasteiger partial charge in [0.25, 0.3) is 5.91 Å². The number of amides is 1. The number of fused-ring (bicyclic) bond motifs is 1. The lowest BCUT2D eigenvalue weighted by Gasteiger charge is -2.31. The Bertz CT molecular complexity index is 1110. The van der Waals surface area contributed by atoms with Gasteiger partial charge in [-0.15, -0.1) is 10.2 Å². The van der Waals surface area contributed by atoms with Gasteiger partial charge in [0.05, 0.1) is 12.0 Å². The maximum absolute atomic E-state index is 13.0. The summed E-state index contributed by atoms with van der Waals surface area (Å²) in [5.41, 5.74) is 1.42. The van der Waals surface area contributed by atoms with E-state index < -0.39 is 0 Å². The highest BCUT2D eigenvalue weighted by molar-refractivity contribution is 5.94. The highest BCUT2D eigenvalue weighted by Gasteiger charge is 2.29. The number of likely N-dealkylation sites (tertiary alicyclic amines) is 1. The minimum atomic E-state index is 0.00121. The van der Waals surface area contributed by atoms with Crippen molar-refractivity contribution >= 4 is 5.91 Å². The van der Waals surface area contributed by atoms with Crippen LogP contribution in [0.15, 0.2) is 46.9 Å². The lowest BCUT2D eigenvalue weighted by atomic mass is 9.97. The van der Waals surface area contributed by atoms with E-state index in [9.17, 15) is 4.79 Å². The van der Waals surface area contributed by atoms with Gasteiger partial charge in [-0.25, -0.2) is 0 Å². The average molecular weight is 435 g/mol. The van der Waals surface area contributed by atoms with E-state index in [1.807, 2.05) is 61.2 Å². The molecule has 1 unspecified atom stereocenters. The second-order valence-corrected chi connectivity index (χ2v) is 8.29. The van der Waals surface area contributed by atoms with Crippen LogP contribution < -0.4 is 14.2 Å². The molecule has 0 N–H and O–H groups in total. The summed E-state index contributed by atoms with van der Waals surface area (Å²) < 4.78 is 22.4. The Labute approximate surface area is 186 Å². The molecular formula is C24H25N3O5. The molecule has 166 valence electrons. The molecule has 0 bridgehead atoms. The predicted molar refractivity (Wildman–Crippen MR) is 116 cm³/mol. The van der Waals surface area contributed by atoms with E-state index in [1.165, 1.54) is 0 Å². The minimum absolute atomic E-state index is 0.00121. The molecule has 1 fully saturated rings. The smallest absolute Gasteiger partial charge is 0.253 e. The van der Waals surface area contributed by atoms with Gasteiger partial charge in [0.2, 0.25) is 18.6 Å². The molecule has 2 aliphatic heterocycles. The average Bonchev–Trinajstić information content (AvgIpc) is 3.48. The fourth-order valence-corrected chi connectivity index (χ4v) is 4.04. The number of benzene rings is 2. The van der Waals surface area contributed by atoms with E-state index in [2.05, 4.69) is 10.2 Å². The Kier molecular flexibility index (Phi) is 5.43. The van der Waals surface area contributed by atoms with Gasteiger partial charge in [0, 0.05) is 24.2 Å². The molecule has 32 heavy (non-hydrogen) atoms. The first-order valence-electron chi connectivity index (χ1n) is 10.9. The third kappa shape index (κ3) is 4.12. The number of aromatic nitrogens is 2. The monoisotopic (exact) mass is 435 g/mol. The Hall–Kier alpha value is -3.55. The third-order valence-corrected chi connectivity index (χ3v) is 5.59. The first kappa shape index (κ1) is 20.4. The molecule has 2 aromatic carbocycles. The molecule has 3 heterocycles. The summed E-state index contributed by atoms with van der Waals surface area (Å²) in [6, 6.07) is 12.8. The topological polar surface area (TPSA) is 86.9 Å². The Balaban J connectivity index is 1.27. The van der Waals surface area contributed by atoms with Crippen LogP contribution in [0.4, 0.5) is 0 Å². The number of nitrogens with zero attached hydrogens (tertiary/aromatic N) is 3. The van der Waals surface area contributed by atoms with E-state index in [0.717, 1.165) is 24.2 Å². The number of carbonyl (C=O) groups is 1. The van der Waals surface area contributed by atoms with E-state index >= 15 is 0 Å². The largest absolute Gasteiger partial charge is 0.491 e. The molecule has 8 heteroatoms. The normalized spacial score (nSPS) is 17.6. The lowest BCUT2D eigenvalue weighted by Crippen LogP contribution is -2.39. The first-order valence-corrected chi connectivity index (χ1v) is 10.9. The first-order chi connectivity index (χ1) is 15.6. The number of carbonyl (C=O) groups excluding carboxylic acids is 1. The van der Waals surface area contributed by atoms with Crippen LogP contribution in [0.1, 0.15) is 48.9 Å².